The van der Waals surface area contributed by atoms with E-state index >= 15 is 0 Å². The van der Waals surface area contributed by atoms with Crippen molar-refractivity contribution in [2.24, 2.45) is 0 Å². The third-order valence-corrected chi connectivity index (χ3v) is 3.95. The molecule has 0 fully saturated rings. The lowest BCUT2D eigenvalue weighted by atomic mass is 10.2. The lowest BCUT2D eigenvalue weighted by Crippen LogP contribution is -2.13. The molecule has 0 aliphatic rings. The van der Waals surface area contributed by atoms with Crippen LogP contribution in [0.2, 0.25) is 0 Å². The highest BCUT2D eigenvalue weighted by Crippen LogP contribution is 2.25. The highest BCUT2D eigenvalue weighted by molar-refractivity contribution is 9.11. The summed E-state index contributed by atoms with van der Waals surface area (Å²) < 4.78 is 14.2. The van der Waals surface area contributed by atoms with Gasteiger partial charge in [0.2, 0.25) is 0 Å². The molecule has 0 unspecified atom stereocenters. The van der Waals surface area contributed by atoms with Crippen molar-refractivity contribution in [3.63, 3.8) is 0 Å². The SMILES string of the molecule is Nc1ccc(NC(=O)c2cccc(F)c2Br)cc1Br. The Kier molecular flexibility index (Phi) is 4.21. The first kappa shape index (κ1) is 14.0. The number of anilines is 2. The maximum atomic E-state index is 13.3. The Balaban J connectivity index is 2.26. The number of nitrogens with two attached hydrogens (primary N) is 1. The van der Waals surface area contributed by atoms with Crippen molar-refractivity contribution < 1.29 is 9.18 Å². The molecule has 19 heavy (non-hydrogen) atoms. The molecule has 2 aromatic rings. The molecule has 3 N–H and O–H groups in total. The molecule has 2 rings (SSSR count). The zero-order chi connectivity index (χ0) is 14.0. The number of nitrogens with one attached hydrogen (secondary N) is 1. The molecule has 0 aliphatic carbocycles. The van der Waals surface area contributed by atoms with Crippen LogP contribution in [-0.4, -0.2) is 5.91 Å². The zero-order valence-corrected chi connectivity index (χ0v) is 12.8. The van der Waals surface area contributed by atoms with Crippen LogP contribution in [0, 0.1) is 5.82 Å². The second kappa shape index (κ2) is 5.71. The van der Waals surface area contributed by atoms with E-state index in [1.54, 1.807) is 18.2 Å². The Morgan fingerprint density at radius 2 is 1.95 bits per heavy atom. The number of halogens is 3. The molecule has 0 bridgehead atoms. The van der Waals surface area contributed by atoms with Gasteiger partial charge in [-0.3, -0.25) is 4.79 Å². The molecule has 0 heterocycles. The van der Waals surface area contributed by atoms with Crippen molar-refractivity contribution in [1.29, 1.82) is 0 Å². The molecule has 0 saturated heterocycles. The monoisotopic (exact) mass is 386 g/mol. The number of hydrogen-bond acceptors (Lipinski definition) is 2. The molecule has 0 radical (unpaired) electrons. The number of carbonyl (C=O) groups is 1. The fourth-order valence-corrected chi connectivity index (χ4v) is 2.31. The first-order valence-electron chi connectivity index (χ1n) is 5.29. The molecule has 0 aliphatic heterocycles. The lowest BCUT2D eigenvalue weighted by molar-refractivity contribution is 0.102. The lowest BCUT2D eigenvalue weighted by Gasteiger charge is -2.08. The number of nitrogen functional groups attached to an aromatic ring is 1. The number of hydrogen-bond donors (Lipinski definition) is 2. The van der Waals surface area contributed by atoms with E-state index in [1.165, 1.54) is 18.2 Å². The summed E-state index contributed by atoms with van der Waals surface area (Å²) in [6.45, 7) is 0. The minimum absolute atomic E-state index is 0.141. The van der Waals surface area contributed by atoms with Gasteiger partial charge in [-0.05, 0) is 62.2 Å². The normalized spacial score (nSPS) is 10.3. The Bertz CT molecular complexity index is 647. The summed E-state index contributed by atoms with van der Waals surface area (Å²) >= 11 is 6.33. The van der Waals surface area contributed by atoms with Gasteiger partial charge in [0.15, 0.2) is 0 Å². The van der Waals surface area contributed by atoms with Crippen LogP contribution < -0.4 is 11.1 Å². The van der Waals surface area contributed by atoms with Crippen LogP contribution in [-0.2, 0) is 0 Å². The van der Waals surface area contributed by atoms with Gasteiger partial charge in [0.05, 0.1) is 10.0 Å². The van der Waals surface area contributed by atoms with Gasteiger partial charge in [0, 0.05) is 15.8 Å². The van der Waals surface area contributed by atoms with Crippen molar-refractivity contribution in [2.45, 2.75) is 0 Å². The van der Waals surface area contributed by atoms with E-state index in [1.807, 2.05) is 0 Å². The highest BCUT2D eigenvalue weighted by Gasteiger charge is 2.13. The third kappa shape index (κ3) is 3.13. The molecule has 3 nitrogen and oxygen atoms in total. The van der Waals surface area contributed by atoms with E-state index < -0.39 is 11.7 Å². The van der Waals surface area contributed by atoms with Crippen molar-refractivity contribution in [2.75, 3.05) is 11.1 Å². The minimum atomic E-state index is -0.480. The Hall–Kier alpha value is -1.40. The van der Waals surface area contributed by atoms with Gasteiger partial charge in [-0.2, -0.15) is 0 Å². The van der Waals surface area contributed by atoms with Crippen LogP contribution in [0.1, 0.15) is 10.4 Å². The van der Waals surface area contributed by atoms with E-state index in [2.05, 4.69) is 37.2 Å². The molecule has 1 amide bonds. The Morgan fingerprint density at radius 3 is 2.63 bits per heavy atom. The summed E-state index contributed by atoms with van der Waals surface area (Å²) in [5.41, 5.74) is 7.03. The molecular formula is C13H9Br2FN2O. The van der Waals surface area contributed by atoms with Crippen molar-refractivity contribution in [3.05, 3.63) is 56.7 Å². The Morgan fingerprint density at radius 1 is 1.21 bits per heavy atom. The first-order chi connectivity index (χ1) is 8.99. The van der Waals surface area contributed by atoms with Crippen molar-refractivity contribution in [1.82, 2.24) is 0 Å². The fraction of sp³-hybridized carbons (Fsp3) is 0. The summed E-state index contributed by atoms with van der Waals surface area (Å²) in [7, 11) is 0. The number of benzene rings is 2. The van der Waals surface area contributed by atoms with Crippen LogP contribution in [0.25, 0.3) is 0 Å². The standard InChI is InChI=1S/C13H9Br2FN2O/c14-9-6-7(4-5-11(9)17)18-13(19)8-2-1-3-10(16)12(8)15/h1-6H,17H2,(H,18,19). The van der Waals surface area contributed by atoms with E-state index in [0.29, 0.717) is 15.8 Å². The molecule has 6 heteroatoms. The first-order valence-corrected chi connectivity index (χ1v) is 6.88. The fourth-order valence-electron chi connectivity index (χ4n) is 1.48. The molecule has 0 saturated carbocycles. The van der Waals surface area contributed by atoms with Gasteiger partial charge in [-0.1, -0.05) is 6.07 Å². The van der Waals surface area contributed by atoms with Crippen LogP contribution in [0.4, 0.5) is 15.8 Å². The van der Waals surface area contributed by atoms with Gasteiger partial charge in [0.25, 0.3) is 5.91 Å². The molecule has 2 aromatic carbocycles. The van der Waals surface area contributed by atoms with E-state index in [4.69, 9.17) is 5.73 Å². The quantitative estimate of drug-likeness (QED) is 0.759. The number of carbonyl (C=O) groups excluding carboxylic acids is 1. The van der Waals surface area contributed by atoms with Crippen molar-refractivity contribution >= 4 is 49.1 Å². The maximum absolute atomic E-state index is 13.3. The topological polar surface area (TPSA) is 55.1 Å². The third-order valence-electron chi connectivity index (χ3n) is 2.45. The number of rotatable bonds is 2. The average molecular weight is 388 g/mol. The summed E-state index contributed by atoms with van der Waals surface area (Å²) in [6.07, 6.45) is 0. The number of amides is 1. The molecule has 0 spiro atoms. The van der Waals surface area contributed by atoms with Crippen molar-refractivity contribution in [3.8, 4) is 0 Å². The van der Waals surface area contributed by atoms with E-state index in [9.17, 15) is 9.18 Å². The van der Waals surface area contributed by atoms with E-state index in [-0.39, 0.29) is 10.0 Å². The predicted octanol–water partition coefficient (Wildman–Crippen LogP) is 4.19. The van der Waals surface area contributed by atoms with Gasteiger partial charge in [-0.15, -0.1) is 0 Å². The molecular weight excluding hydrogens is 379 g/mol. The smallest absolute Gasteiger partial charge is 0.256 e. The predicted molar refractivity (Wildman–Crippen MR) is 80.6 cm³/mol. The van der Waals surface area contributed by atoms with Gasteiger partial charge in [-0.25, -0.2) is 4.39 Å². The maximum Gasteiger partial charge on any atom is 0.256 e. The van der Waals surface area contributed by atoms with Crippen LogP contribution >= 0.6 is 31.9 Å². The molecule has 98 valence electrons. The zero-order valence-electron chi connectivity index (χ0n) is 9.58. The second-order valence-corrected chi connectivity index (χ2v) is 5.44. The largest absolute Gasteiger partial charge is 0.398 e. The van der Waals surface area contributed by atoms with Crippen LogP contribution in [0.15, 0.2) is 45.3 Å². The summed E-state index contributed by atoms with van der Waals surface area (Å²) in [6, 6.07) is 9.31. The second-order valence-electron chi connectivity index (χ2n) is 3.79. The average Bonchev–Trinajstić information content (AvgIpc) is 2.37. The van der Waals surface area contributed by atoms with E-state index in [0.717, 1.165) is 0 Å². The van der Waals surface area contributed by atoms with Crippen LogP contribution in [0.5, 0.6) is 0 Å². The summed E-state index contributed by atoms with van der Waals surface area (Å²) in [5.74, 6) is -0.880. The van der Waals surface area contributed by atoms with Gasteiger partial charge in [0.1, 0.15) is 5.82 Å². The molecule has 0 atom stereocenters. The summed E-state index contributed by atoms with van der Waals surface area (Å²) in [4.78, 5) is 12.0. The van der Waals surface area contributed by atoms with Gasteiger partial charge < -0.3 is 11.1 Å². The van der Waals surface area contributed by atoms with Crippen LogP contribution in [0.3, 0.4) is 0 Å². The minimum Gasteiger partial charge on any atom is -0.398 e. The van der Waals surface area contributed by atoms with Gasteiger partial charge >= 0.3 is 0 Å². The molecule has 0 aromatic heterocycles. The highest BCUT2D eigenvalue weighted by atomic mass is 79.9. The Labute approximate surface area is 126 Å². The summed E-state index contributed by atoms with van der Waals surface area (Å²) in [5, 5.41) is 2.67.